The summed E-state index contributed by atoms with van der Waals surface area (Å²) < 4.78 is 0. The van der Waals surface area contributed by atoms with E-state index in [4.69, 9.17) is 0 Å². The van der Waals surface area contributed by atoms with E-state index in [9.17, 15) is 0 Å². The Labute approximate surface area is 106 Å². The van der Waals surface area contributed by atoms with Crippen molar-refractivity contribution >= 4 is 5.71 Å². The van der Waals surface area contributed by atoms with Crippen LogP contribution in [0, 0.1) is 0 Å². The van der Waals surface area contributed by atoms with Gasteiger partial charge < -0.3 is 0 Å². The Balaban J connectivity index is 5.16. The van der Waals surface area contributed by atoms with E-state index in [1.807, 2.05) is 19.9 Å². The van der Waals surface area contributed by atoms with Crippen LogP contribution in [0.4, 0.5) is 0 Å². The van der Waals surface area contributed by atoms with Crippen LogP contribution in [0.5, 0.6) is 0 Å². The first kappa shape index (κ1) is 15.4. The number of hydrogen-bond acceptors (Lipinski definition) is 1. The first-order valence-corrected chi connectivity index (χ1v) is 5.72. The van der Waals surface area contributed by atoms with Crippen molar-refractivity contribution in [1.29, 1.82) is 0 Å². The fraction of sp³-hybridized carbons (Fsp3) is 0.312. The van der Waals surface area contributed by atoms with Gasteiger partial charge in [0.15, 0.2) is 0 Å². The molecule has 0 N–H and O–H groups in total. The summed E-state index contributed by atoms with van der Waals surface area (Å²) >= 11 is 0. The number of hydrogen-bond donors (Lipinski definition) is 0. The molecule has 0 bridgehead atoms. The zero-order valence-electron chi connectivity index (χ0n) is 11.7. The molecule has 1 nitrogen and oxygen atoms in total. The minimum Gasteiger partial charge on any atom is -0.288 e. The summed E-state index contributed by atoms with van der Waals surface area (Å²) in [5, 5.41) is 0. The van der Waals surface area contributed by atoms with Crippen LogP contribution in [-0.4, -0.2) is 12.8 Å². The molecule has 0 saturated carbocycles. The summed E-state index contributed by atoms with van der Waals surface area (Å²) in [5.41, 5.74) is 5.37. The summed E-state index contributed by atoms with van der Waals surface area (Å²) in [6.07, 6.45) is 7.87. The Bertz CT molecular complexity index is 411. The first-order chi connectivity index (χ1) is 7.93. The highest BCUT2D eigenvalue weighted by molar-refractivity contribution is 6.14. The Hall–Kier alpha value is -1.63. The van der Waals surface area contributed by atoms with Gasteiger partial charge in [-0.25, -0.2) is 0 Å². The van der Waals surface area contributed by atoms with Crippen molar-refractivity contribution in [3.63, 3.8) is 0 Å². The van der Waals surface area contributed by atoms with Gasteiger partial charge in [0.2, 0.25) is 0 Å². The van der Waals surface area contributed by atoms with E-state index in [0.29, 0.717) is 0 Å². The molecule has 0 atom stereocenters. The molecule has 92 valence electrons. The Morgan fingerprint density at radius 2 is 1.53 bits per heavy atom. The molecule has 0 aliphatic carbocycles. The maximum absolute atomic E-state index is 4.29. The Kier molecular flexibility index (Phi) is 6.88. The normalized spacial score (nSPS) is 13.4. The lowest BCUT2D eigenvalue weighted by Gasteiger charge is -2.09. The topological polar surface area (TPSA) is 12.4 Å². The minimum atomic E-state index is 0.931. The maximum Gasteiger partial charge on any atom is 0.0668 e. The molecule has 0 aliphatic heterocycles. The fourth-order valence-corrected chi connectivity index (χ4v) is 1.38. The predicted molar refractivity (Wildman–Crippen MR) is 79.6 cm³/mol. The third-order valence-electron chi connectivity index (χ3n) is 2.39. The fourth-order valence-electron chi connectivity index (χ4n) is 1.38. The SMILES string of the molecule is C=C/C=C(C)/C(=N/C)C(=C)/C(C)=C\C=C(C)C. The molecule has 0 rings (SSSR count). The molecule has 0 aromatic rings. The van der Waals surface area contributed by atoms with Gasteiger partial charge in [-0.1, -0.05) is 43.0 Å². The van der Waals surface area contributed by atoms with Crippen LogP contribution in [0.15, 0.2) is 64.7 Å². The molecule has 0 saturated heterocycles. The zero-order valence-corrected chi connectivity index (χ0v) is 11.7. The van der Waals surface area contributed by atoms with Gasteiger partial charge in [-0.05, 0) is 44.4 Å². The van der Waals surface area contributed by atoms with Crippen molar-refractivity contribution in [1.82, 2.24) is 0 Å². The van der Waals surface area contributed by atoms with Crippen LogP contribution >= 0.6 is 0 Å². The lowest BCUT2D eigenvalue weighted by Crippen LogP contribution is -2.04. The molecule has 0 spiro atoms. The van der Waals surface area contributed by atoms with Crippen molar-refractivity contribution in [3.05, 3.63) is 59.8 Å². The highest BCUT2D eigenvalue weighted by Gasteiger charge is 2.06. The van der Waals surface area contributed by atoms with Gasteiger partial charge in [0.1, 0.15) is 0 Å². The summed E-state index contributed by atoms with van der Waals surface area (Å²) in [7, 11) is 1.79. The number of aliphatic imine (C=N–C) groups is 1. The van der Waals surface area contributed by atoms with Crippen molar-refractivity contribution < 1.29 is 0 Å². The first-order valence-electron chi connectivity index (χ1n) is 5.72. The highest BCUT2D eigenvalue weighted by atomic mass is 14.7. The second kappa shape index (κ2) is 7.61. The Morgan fingerprint density at radius 3 is 1.94 bits per heavy atom. The third kappa shape index (κ3) is 5.30. The van der Waals surface area contributed by atoms with E-state index in [2.05, 4.69) is 44.1 Å². The molecular weight excluding hydrogens is 206 g/mol. The summed E-state index contributed by atoms with van der Waals surface area (Å²) in [6, 6.07) is 0. The van der Waals surface area contributed by atoms with Crippen LogP contribution in [-0.2, 0) is 0 Å². The van der Waals surface area contributed by atoms with Crippen molar-refractivity contribution in [2.24, 2.45) is 4.99 Å². The molecule has 1 heteroatoms. The van der Waals surface area contributed by atoms with Crippen molar-refractivity contribution in [3.8, 4) is 0 Å². The van der Waals surface area contributed by atoms with Crippen LogP contribution < -0.4 is 0 Å². The summed E-state index contributed by atoms with van der Waals surface area (Å²) in [6.45, 7) is 16.0. The molecule has 0 aromatic carbocycles. The van der Waals surface area contributed by atoms with Crippen LogP contribution in [0.2, 0.25) is 0 Å². The van der Waals surface area contributed by atoms with Gasteiger partial charge in [0.05, 0.1) is 5.71 Å². The molecule has 0 unspecified atom stereocenters. The molecular formula is C16H23N. The maximum atomic E-state index is 4.29. The number of nitrogens with zero attached hydrogens (tertiary/aromatic N) is 1. The quantitative estimate of drug-likeness (QED) is 0.480. The second-order valence-corrected chi connectivity index (χ2v) is 4.23. The standard InChI is InChI=1S/C16H23N/c1-8-9-14(5)16(17-7)15(6)13(4)11-10-12(2)3/h8-11H,1,6H2,2-5,7H3/b13-11-,14-9+,17-16-. The molecule has 0 heterocycles. The highest BCUT2D eigenvalue weighted by Crippen LogP contribution is 2.15. The lowest BCUT2D eigenvalue weighted by atomic mass is 9.98. The Morgan fingerprint density at radius 1 is 0.941 bits per heavy atom. The molecule has 0 amide bonds. The summed E-state index contributed by atoms with van der Waals surface area (Å²) in [4.78, 5) is 4.29. The van der Waals surface area contributed by atoms with Gasteiger partial charge in [0, 0.05) is 7.05 Å². The smallest absolute Gasteiger partial charge is 0.0668 e. The van der Waals surface area contributed by atoms with Crippen LogP contribution in [0.25, 0.3) is 0 Å². The van der Waals surface area contributed by atoms with Crippen molar-refractivity contribution in [2.75, 3.05) is 7.05 Å². The summed E-state index contributed by atoms with van der Waals surface area (Å²) in [5.74, 6) is 0. The van der Waals surface area contributed by atoms with Crippen LogP contribution in [0.3, 0.4) is 0 Å². The van der Waals surface area contributed by atoms with Gasteiger partial charge in [-0.15, -0.1) is 0 Å². The van der Waals surface area contributed by atoms with Crippen molar-refractivity contribution in [2.45, 2.75) is 27.7 Å². The minimum absolute atomic E-state index is 0.931. The number of rotatable bonds is 5. The average Bonchev–Trinajstić information content (AvgIpc) is 2.26. The molecule has 0 radical (unpaired) electrons. The zero-order chi connectivity index (χ0) is 13.4. The van der Waals surface area contributed by atoms with E-state index >= 15 is 0 Å². The molecule has 0 fully saturated rings. The van der Waals surface area contributed by atoms with Crippen LogP contribution in [0.1, 0.15) is 27.7 Å². The van der Waals surface area contributed by atoms with Gasteiger partial charge in [-0.3, -0.25) is 4.99 Å². The van der Waals surface area contributed by atoms with E-state index in [1.54, 1.807) is 13.1 Å². The molecule has 0 aromatic heterocycles. The largest absolute Gasteiger partial charge is 0.288 e. The molecule has 17 heavy (non-hydrogen) atoms. The van der Waals surface area contributed by atoms with E-state index in [1.165, 1.54) is 5.57 Å². The van der Waals surface area contributed by atoms with Gasteiger partial charge >= 0.3 is 0 Å². The molecule has 0 aliphatic rings. The van der Waals surface area contributed by atoms with Gasteiger partial charge in [0.25, 0.3) is 0 Å². The lowest BCUT2D eigenvalue weighted by molar-refractivity contribution is 1.35. The third-order valence-corrected chi connectivity index (χ3v) is 2.39. The van der Waals surface area contributed by atoms with E-state index in [-0.39, 0.29) is 0 Å². The van der Waals surface area contributed by atoms with Gasteiger partial charge in [-0.2, -0.15) is 0 Å². The predicted octanol–water partition coefficient (Wildman–Crippen LogP) is 4.66. The van der Waals surface area contributed by atoms with E-state index in [0.717, 1.165) is 22.4 Å². The average molecular weight is 229 g/mol. The monoisotopic (exact) mass is 229 g/mol. The second-order valence-electron chi connectivity index (χ2n) is 4.23. The van der Waals surface area contributed by atoms with E-state index < -0.39 is 0 Å². The number of allylic oxidation sites excluding steroid dienone is 8.